The van der Waals surface area contributed by atoms with E-state index in [-0.39, 0.29) is 16.7 Å². The summed E-state index contributed by atoms with van der Waals surface area (Å²) in [6, 6.07) is 11.8. The van der Waals surface area contributed by atoms with Crippen molar-refractivity contribution in [3.63, 3.8) is 0 Å². The van der Waals surface area contributed by atoms with Crippen LogP contribution in [0.15, 0.2) is 54.6 Å². The van der Waals surface area contributed by atoms with Gasteiger partial charge in [-0.2, -0.15) is 13.2 Å². The molecule has 0 fully saturated rings. The zero-order chi connectivity index (χ0) is 24.0. The maximum Gasteiger partial charge on any atom is 0.416 e. The van der Waals surface area contributed by atoms with Crippen LogP contribution in [-0.4, -0.2) is 28.2 Å². The fraction of sp³-hybridized carbons (Fsp3) is 0.273. The maximum atomic E-state index is 12.9. The quantitative estimate of drug-likeness (QED) is 0.425. The van der Waals surface area contributed by atoms with Gasteiger partial charge in [0.05, 0.1) is 5.56 Å². The Morgan fingerprint density at radius 1 is 1.00 bits per heavy atom. The van der Waals surface area contributed by atoms with Gasteiger partial charge in [-0.05, 0) is 30.2 Å². The van der Waals surface area contributed by atoms with Gasteiger partial charge in [-0.15, -0.1) is 10.2 Å². The first-order valence-corrected chi connectivity index (χ1v) is 10.9. The van der Waals surface area contributed by atoms with Gasteiger partial charge in [-0.3, -0.25) is 10.1 Å². The van der Waals surface area contributed by atoms with Crippen molar-refractivity contribution in [2.24, 2.45) is 5.92 Å². The molecular weight excluding hydrogens is 455 g/mol. The number of anilines is 2. The van der Waals surface area contributed by atoms with Gasteiger partial charge in [0.2, 0.25) is 11.0 Å². The summed E-state index contributed by atoms with van der Waals surface area (Å²) in [7, 11) is 0. The van der Waals surface area contributed by atoms with Crippen molar-refractivity contribution in [2.45, 2.75) is 32.5 Å². The van der Waals surface area contributed by atoms with Crippen LogP contribution in [0.25, 0.3) is 10.6 Å². The number of benzene rings is 2. The summed E-state index contributed by atoms with van der Waals surface area (Å²) >= 11 is 1.20. The van der Waals surface area contributed by atoms with Crippen molar-refractivity contribution in [1.82, 2.24) is 15.5 Å². The molecule has 0 aliphatic heterocycles. The van der Waals surface area contributed by atoms with Crippen molar-refractivity contribution in [3.05, 3.63) is 60.2 Å². The van der Waals surface area contributed by atoms with E-state index in [0.29, 0.717) is 11.4 Å². The molecule has 33 heavy (non-hydrogen) atoms. The third-order valence-electron chi connectivity index (χ3n) is 4.93. The van der Waals surface area contributed by atoms with Gasteiger partial charge in [0.1, 0.15) is 11.0 Å². The van der Waals surface area contributed by atoms with Crippen molar-refractivity contribution in [1.29, 1.82) is 0 Å². The first-order chi connectivity index (χ1) is 15.7. The molecule has 3 rings (SSSR count). The molecule has 0 aliphatic rings. The van der Waals surface area contributed by atoms with Crippen LogP contribution >= 0.6 is 11.3 Å². The van der Waals surface area contributed by atoms with Crippen LogP contribution in [0, 0.1) is 5.92 Å². The largest absolute Gasteiger partial charge is 0.416 e. The lowest BCUT2D eigenvalue weighted by molar-refractivity contribution is -0.137. The number of aromatic nitrogens is 2. The molecule has 3 N–H and O–H groups in total. The molecule has 1 heterocycles. The minimum Gasteiger partial charge on any atom is -0.326 e. The number of nitrogens with zero attached hydrogens (tertiary/aromatic N) is 2. The van der Waals surface area contributed by atoms with Crippen molar-refractivity contribution in [3.8, 4) is 10.6 Å². The molecule has 0 saturated heterocycles. The normalized spacial score (nSPS) is 13.1. The van der Waals surface area contributed by atoms with E-state index in [0.717, 1.165) is 29.8 Å². The predicted molar refractivity (Wildman–Crippen MR) is 121 cm³/mol. The Hall–Kier alpha value is -3.47. The summed E-state index contributed by atoms with van der Waals surface area (Å²) in [5.41, 5.74) is 0.209. The van der Waals surface area contributed by atoms with Gasteiger partial charge >= 0.3 is 12.2 Å². The smallest absolute Gasteiger partial charge is 0.326 e. The zero-order valence-corrected chi connectivity index (χ0v) is 18.6. The van der Waals surface area contributed by atoms with Crippen LogP contribution in [-0.2, 0) is 11.0 Å². The molecule has 0 spiro atoms. The number of hydrogen-bond donors (Lipinski definition) is 3. The van der Waals surface area contributed by atoms with E-state index in [4.69, 9.17) is 0 Å². The zero-order valence-electron chi connectivity index (χ0n) is 17.8. The van der Waals surface area contributed by atoms with Gasteiger partial charge < -0.3 is 10.6 Å². The molecule has 2 atom stereocenters. The van der Waals surface area contributed by atoms with E-state index in [1.165, 1.54) is 11.3 Å². The number of alkyl halides is 3. The molecule has 0 aliphatic carbocycles. The summed E-state index contributed by atoms with van der Waals surface area (Å²) < 4.78 is 38.1. The second-order valence-corrected chi connectivity index (χ2v) is 8.28. The number of urea groups is 1. The van der Waals surface area contributed by atoms with Crippen molar-refractivity contribution in [2.75, 3.05) is 10.6 Å². The third kappa shape index (κ3) is 6.51. The molecule has 0 radical (unpaired) electrons. The number of nitrogens with one attached hydrogen (secondary N) is 3. The van der Waals surface area contributed by atoms with E-state index < -0.39 is 29.7 Å². The highest BCUT2D eigenvalue weighted by Crippen LogP contribution is 2.30. The Morgan fingerprint density at radius 2 is 1.67 bits per heavy atom. The molecule has 11 heteroatoms. The third-order valence-corrected chi connectivity index (χ3v) is 5.82. The highest BCUT2D eigenvalue weighted by atomic mass is 32.1. The second kappa shape index (κ2) is 10.4. The molecule has 0 saturated carbocycles. The predicted octanol–water partition coefficient (Wildman–Crippen LogP) is 5.40. The molecular formula is C22H22F3N5O2S. The number of halogens is 3. The average Bonchev–Trinajstić information content (AvgIpc) is 3.25. The Kier molecular flexibility index (Phi) is 7.64. The van der Waals surface area contributed by atoms with Gasteiger partial charge in [0, 0.05) is 11.3 Å². The Balaban J connectivity index is 1.65. The first kappa shape index (κ1) is 24.2. The Morgan fingerprint density at radius 3 is 2.27 bits per heavy atom. The molecule has 0 bridgehead atoms. The van der Waals surface area contributed by atoms with E-state index in [9.17, 15) is 22.8 Å². The van der Waals surface area contributed by atoms with Gasteiger partial charge in [0.25, 0.3) is 0 Å². The minimum absolute atomic E-state index is 0.167. The SMILES string of the molecule is CC[C@@H](C)[C@H](NC(=O)Nc1ccc(C(F)(F)F)cc1)C(=O)Nc1nnc(-c2ccccc2)s1. The van der Waals surface area contributed by atoms with Crippen LogP contribution in [0.2, 0.25) is 0 Å². The van der Waals surface area contributed by atoms with E-state index in [1.807, 2.05) is 37.3 Å². The monoisotopic (exact) mass is 477 g/mol. The first-order valence-electron chi connectivity index (χ1n) is 10.1. The summed E-state index contributed by atoms with van der Waals surface area (Å²) in [6.45, 7) is 3.68. The summed E-state index contributed by atoms with van der Waals surface area (Å²) in [5, 5.41) is 16.7. The van der Waals surface area contributed by atoms with E-state index in [1.54, 1.807) is 6.92 Å². The molecule has 0 unspecified atom stereocenters. The van der Waals surface area contributed by atoms with Crippen LogP contribution in [0.4, 0.5) is 28.8 Å². The van der Waals surface area contributed by atoms with Crippen molar-refractivity contribution >= 4 is 34.1 Å². The molecule has 174 valence electrons. The molecule has 1 aromatic heterocycles. The lowest BCUT2D eigenvalue weighted by atomic mass is 9.98. The Labute approximate surface area is 192 Å². The van der Waals surface area contributed by atoms with Crippen LogP contribution in [0.3, 0.4) is 0 Å². The van der Waals surface area contributed by atoms with Crippen LogP contribution < -0.4 is 16.0 Å². The van der Waals surface area contributed by atoms with Crippen molar-refractivity contribution < 1.29 is 22.8 Å². The molecule has 7 nitrogen and oxygen atoms in total. The summed E-state index contributed by atoms with van der Waals surface area (Å²) in [6.07, 6.45) is -3.87. The number of carbonyl (C=O) groups is 2. The summed E-state index contributed by atoms with van der Waals surface area (Å²) in [4.78, 5) is 25.3. The minimum atomic E-state index is -4.47. The fourth-order valence-electron chi connectivity index (χ4n) is 2.91. The molecule has 3 amide bonds. The van der Waals surface area contributed by atoms with Crippen LogP contribution in [0.1, 0.15) is 25.8 Å². The van der Waals surface area contributed by atoms with Gasteiger partial charge in [-0.1, -0.05) is 61.9 Å². The standard InChI is InChI=1S/C22H22F3N5O2S/c1-3-13(2)17(27-20(32)26-16-11-9-15(10-12-16)22(23,24)25)18(31)28-21-30-29-19(33-21)14-7-5-4-6-8-14/h4-13,17H,3H2,1-2H3,(H2,26,27,32)(H,28,30,31)/t13-,17+/m1/s1. The maximum absolute atomic E-state index is 12.9. The number of rotatable bonds is 7. The van der Waals surface area contributed by atoms with Crippen LogP contribution in [0.5, 0.6) is 0 Å². The van der Waals surface area contributed by atoms with Gasteiger partial charge in [0.15, 0.2) is 0 Å². The highest BCUT2D eigenvalue weighted by Gasteiger charge is 2.30. The second-order valence-electron chi connectivity index (χ2n) is 7.30. The molecule has 2 aromatic carbocycles. The number of carbonyl (C=O) groups excluding carboxylic acids is 2. The molecule has 3 aromatic rings. The van der Waals surface area contributed by atoms with Gasteiger partial charge in [-0.25, -0.2) is 4.79 Å². The lowest BCUT2D eigenvalue weighted by Crippen LogP contribution is -2.49. The Bertz CT molecular complexity index is 1090. The lowest BCUT2D eigenvalue weighted by Gasteiger charge is -2.23. The van der Waals surface area contributed by atoms with E-state index >= 15 is 0 Å². The topological polar surface area (TPSA) is 96.0 Å². The fourth-order valence-corrected chi connectivity index (χ4v) is 3.66. The van der Waals surface area contributed by atoms with E-state index in [2.05, 4.69) is 26.1 Å². The average molecular weight is 478 g/mol. The number of hydrogen-bond acceptors (Lipinski definition) is 5. The number of amides is 3. The summed E-state index contributed by atoms with van der Waals surface area (Å²) in [5.74, 6) is -0.687. The highest BCUT2D eigenvalue weighted by molar-refractivity contribution is 7.18.